The van der Waals surface area contributed by atoms with Crippen molar-refractivity contribution in [3.8, 4) is 5.75 Å². The lowest BCUT2D eigenvalue weighted by Crippen LogP contribution is -2.34. The molecule has 1 atom stereocenters. The zero-order chi connectivity index (χ0) is 22.5. The van der Waals surface area contributed by atoms with E-state index in [-0.39, 0.29) is 24.2 Å². The van der Waals surface area contributed by atoms with Gasteiger partial charge in [-0.1, -0.05) is 18.2 Å². The lowest BCUT2D eigenvalue weighted by Gasteiger charge is -2.24. The number of rotatable bonds is 4. The molecule has 2 aliphatic carbocycles. The molecule has 33 heavy (non-hydrogen) atoms. The monoisotopic (exact) mass is 442 g/mol. The molecule has 2 aliphatic rings. The Labute approximate surface area is 190 Å². The summed E-state index contributed by atoms with van der Waals surface area (Å²) in [6.45, 7) is 1.84. The Morgan fingerprint density at radius 1 is 1.12 bits per heavy atom. The number of ether oxygens (including phenoxy) is 1. The number of amides is 1. The van der Waals surface area contributed by atoms with Gasteiger partial charge >= 0.3 is 5.63 Å². The van der Waals surface area contributed by atoms with Crippen molar-refractivity contribution in [1.82, 2.24) is 10.3 Å². The van der Waals surface area contributed by atoms with Crippen LogP contribution in [0, 0.1) is 6.92 Å². The Kier molecular flexibility index (Phi) is 4.75. The van der Waals surface area contributed by atoms with Crippen LogP contribution >= 0.6 is 0 Å². The Morgan fingerprint density at radius 3 is 2.85 bits per heavy atom. The quantitative estimate of drug-likeness (QED) is 0.451. The van der Waals surface area contributed by atoms with Crippen LogP contribution in [-0.4, -0.2) is 17.5 Å². The van der Waals surface area contributed by atoms with Gasteiger partial charge in [-0.05, 0) is 80.3 Å². The number of fused-ring (bicyclic) bond motifs is 6. The van der Waals surface area contributed by atoms with Gasteiger partial charge in [0.1, 0.15) is 11.3 Å². The largest absolute Gasteiger partial charge is 0.483 e. The molecule has 0 bridgehead atoms. The maximum atomic E-state index is 12.9. The fourth-order valence-electron chi connectivity index (χ4n) is 5.56. The number of aromatic amines is 1. The van der Waals surface area contributed by atoms with E-state index < -0.39 is 0 Å². The SMILES string of the molecule is Cc1cc(OCC(=O)NC2CCCc3c2[nH]c2ccccc32)c2c3c(c(=O)oc2c1)CCC3. The first-order valence-corrected chi connectivity index (χ1v) is 11.7. The van der Waals surface area contributed by atoms with Crippen molar-refractivity contribution >= 4 is 27.8 Å². The highest BCUT2D eigenvalue weighted by atomic mass is 16.5. The second kappa shape index (κ2) is 7.80. The summed E-state index contributed by atoms with van der Waals surface area (Å²) in [7, 11) is 0. The van der Waals surface area contributed by atoms with E-state index in [0.717, 1.165) is 71.8 Å². The molecule has 6 rings (SSSR count). The summed E-state index contributed by atoms with van der Waals surface area (Å²) < 4.78 is 11.6. The molecule has 0 saturated heterocycles. The fraction of sp³-hybridized carbons (Fsp3) is 0.333. The Bertz CT molecular complexity index is 1460. The van der Waals surface area contributed by atoms with E-state index in [1.54, 1.807) is 0 Å². The molecule has 2 aromatic heterocycles. The first-order valence-electron chi connectivity index (χ1n) is 11.7. The third-order valence-corrected chi connectivity index (χ3v) is 6.99. The van der Waals surface area contributed by atoms with E-state index in [4.69, 9.17) is 9.15 Å². The second-order valence-electron chi connectivity index (χ2n) is 9.20. The molecular weight excluding hydrogens is 416 g/mol. The summed E-state index contributed by atoms with van der Waals surface area (Å²) in [4.78, 5) is 28.7. The zero-order valence-corrected chi connectivity index (χ0v) is 18.6. The summed E-state index contributed by atoms with van der Waals surface area (Å²) in [5, 5.41) is 5.23. The van der Waals surface area contributed by atoms with Gasteiger partial charge in [-0.2, -0.15) is 0 Å². The minimum absolute atomic E-state index is 0.0474. The Balaban J connectivity index is 1.25. The number of hydrogen-bond donors (Lipinski definition) is 2. The summed E-state index contributed by atoms with van der Waals surface area (Å²) in [6.07, 6.45) is 5.45. The first kappa shape index (κ1) is 20.1. The van der Waals surface area contributed by atoms with Gasteiger partial charge in [-0.15, -0.1) is 0 Å². The van der Waals surface area contributed by atoms with Gasteiger partial charge in [0.2, 0.25) is 0 Å². The first-order chi connectivity index (χ1) is 16.1. The number of carbonyl (C=O) groups is 1. The molecule has 6 heteroatoms. The molecular formula is C27H26N2O4. The molecule has 0 fully saturated rings. The average Bonchev–Trinajstić information content (AvgIpc) is 3.43. The van der Waals surface area contributed by atoms with Gasteiger partial charge in [0.25, 0.3) is 5.91 Å². The van der Waals surface area contributed by atoms with Crippen LogP contribution in [0.4, 0.5) is 0 Å². The van der Waals surface area contributed by atoms with Crippen molar-refractivity contribution in [3.05, 3.63) is 74.8 Å². The summed E-state index contributed by atoms with van der Waals surface area (Å²) >= 11 is 0. The highest BCUT2D eigenvalue weighted by Gasteiger charge is 2.26. The Morgan fingerprint density at radius 2 is 1.94 bits per heavy atom. The van der Waals surface area contributed by atoms with Gasteiger partial charge in [0, 0.05) is 22.2 Å². The van der Waals surface area contributed by atoms with Crippen molar-refractivity contribution in [2.75, 3.05) is 6.61 Å². The van der Waals surface area contributed by atoms with Gasteiger partial charge < -0.3 is 19.5 Å². The molecule has 1 unspecified atom stereocenters. The van der Waals surface area contributed by atoms with Crippen LogP contribution in [0.25, 0.3) is 21.9 Å². The molecule has 1 amide bonds. The molecule has 2 N–H and O–H groups in total. The molecule has 0 aliphatic heterocycles. The molecule has 0 radical (unpaired) electrons. The van der Waals surface area contributed by atoms with Crippen LogP contribution in [0.1, 0.15) is 53.3 Å². The third-order valence-electron chi connectivity index (χ3n) is 6.99. The predicted molar refractivity (Wildman–Crippen MR) is 127 cm³/mol. The number of carbonyl (C=O) groups excluding carboxylic acids is 1. The molecule has 0 spiro atoms. The van der Waals surface area contributed by atoms with Crippen molar-refractivity contribution in [3.63, 3.8) is 0 Å². The highest BCUT2D eigenvalue weighted by molar-refractivity contribution is 5.89. The van der Waals surface area contributed by atoms with Crippen LogP contribution in [-0.2, 0) is 24.1 Å². The minimum Gasteiger partial charge on any atom is -0.483 e. The van der Waals surface area contributed by atoms with Crippen LogP contribution < -0.4 is 15.7 Å². The number of H-pyrrole nitrogens is 1. The van der Waals surface area contributed by atoms with E-state index in [0.29, 0.717) is 11.3 Å². The fourth-order valence-corrected chi connectivity index (χ4v) is 5.56. The van der Waals surface area contributed by atoms with Gasteiger partial charge in [0.15, 0.2) is 6.61 Å². The van der Waals surface area contributed by atoms with E-state index >= 15 is 0 Å². The lowest BCUT2D eigenvalue weighted by molar-refractivity contribution is -0.124. The number of benzene rings is 2. The van der Waals surface area contributed by atoms with E-state index in [1.165, 1.54) is 10.9 Å². The minimum atomic E-state index is -0.254. The average molecular weight is 443 g/mol. The molecule has 168 valence electrons. The smallest absolute Gasteiger partial charge is 0.339 e. The number of nitrogens with one attached hydrogen (secondary N) is 2. The van der Waals surface area contributed by atoms with Gasteiger partial charge in [0.05, 0.1) is 11.4 Å². The number of aromatic nitrogens is 1. The topological polar surface area (TPSA) is 84.3 Å². The number of aryl methyl sites for hydroxylation is 3. The Hall–Kier alpha value is -3.54. The number of hydrogen-bond acceptors (Lipinski definition) is 4. The standard InChI is InChI=1S/C27H26N2O4/c1-15-12-22(25-17-7-4-9-19(17)27(31)33-23(25)13-15)32-14-24(30)28-21-11-5-8-18-16-6-2-3-10-20(16)29-26(18)21/h2-3,6,10,12-13,21,29H,4-5,7-9,11,14H2,1H3,(H,28,30). The zero-order valence-electron chi connectivity index (χ0n) is 18.6. The normalized spacial score (nSPS) is 17.2. The molecule has 0 saturated carbocycles. The third kappa shape index (κ3) is 3.41. The van der Waals surface area contributed by atoms with Crippen LogP contribution in [0.5, 0.6) is 5.75 Å². The van der Waals surface area contributed by atoms with E-state index in [2.05, 4.69) is 28.5 Å². The summed E-state index contributed by atoms with van der Waals surface area (Å²) in [5.41, 5.74) is 6.48. The summed E-state index contributed by atoms with van der Waals surface area (Å²) in [6, 6.07) is 12.0. The lowest BCUT2D eigenvalue weighted by atomic mass is 9.91. The molecule has 6 nitrogen and oxygen atoms in total. The van der Waals surface area contributed by atoms with E-state index in [1.807, 2.05) is 25.1 Å². The second-order valence-corrected chi connectivity index (χ2v) is 9.20. The van der Waals surface area contributed by atoms with Crippen molar-refractivity contribution in [2.45, 2.75) is 51.5 Å². The van der Waals surface area contributed by atoms with Gasteiger partial charge in [-0.25, -0.2) is 4.79 Å². The number of para-hydroxylation sites is 1. The highest BCUT2D eigenvalue weighted by Crippen LogP contribution is 2.36. The molecule has 2 aromatic carbocycles. The van der Waals surface area contributed by atoms with Crippen molar-refractivity contribution in [1.29, 1.82) is 0 Å². The maximum absolute atomic E-state index is 12.9. The van der Waals surface area contributed by atoms with Crippen LogP contribution in [0.15, 0.2) is 45.6 Å². The van der Waals surface area contributed by atoms with Crippen LogP contribution in [0.2, 0.25) is 0 Å². The molecule has 4 aromatic rings. The van der Waals surface area contributed by atoms with Gasteiger partial charge in [-0.3, -0.25) is 4.79 Å². The summed E-state index contributed by atoms with van der Waals surface area (Å²) in [5.74, 6) is 0.451. The maximum Gasteiger partial charge on any atom is 0.339 e. The van der Waals surface area contributed by atoms with Crippen molar-refractivity contribution in [2.24, 2.45) is 0 Å². The predicted octanol–water partition coefficient (Wildman–Crippen LogP) is 4.64. The van der Waals surface area contributed by atoms with E-state index in [9.17, 15) is 9.59 Å². The molecule has 2 heterocycles. The van der Waals surface area contributed by atoms with Crippen LogP contribution in [0.3, 0.4) is 0 Å². The van der Waals surface area contributed by atoms with Crippen molar-refractivity contribution < 1.29 is 13.9 Å².